The third-order valence-electron chi connectivity index (χ3n) is 4.94. The lowest BCUT2D eigenvalue weighted by atomic mass is 9.82. The Balaban J connectivity index is 2.10. The van der Waals surface area contributed by atoms with Crippen LogP contribution in [0.1, 0.15) is 36.9 Å². The molecule has 128 valence electrons. The van der Waals surface area contributed by atoms with Gasteiger partial charge < -0.3 is 15.5 Å². The molecule has 3 aromatic rings. The van der Waals surface area contributed by atoms with Crippen LogP contribution in [0.4, 0.5) is 5.82 Å². The molecule has 6 heteroatoms. The fourth-order valence-corrected chi connectivity index (χ4v) is 3.92. The van der Waals surface area contributed by atoms with E-state index in [1.54, 1.807) is 7.11 Å². The number of nitrogens with one attached hydrogen (secondary N) is 1. The first-order chi connectivity index (χ1) is 12.1. The maximum Gasteiger partial charge on any atom is 0.200 e. The molecule has 1 aliphatic rings. The van der Waals surface area contributed by atoms with Gasteiger partial charge in [-0.05, 0) is 60.7 Å². The molecule has 5 nitrogen and oxygen atoms in total. The van der Waals surface area contributed by atoms with E-state index < -0.39 is 0 Å². The zero-order chi connectivity index (χ0) is 17.6. The van der Waals surface area contributed by atoms with Crippen LogP contribution in [-0.4, -0.2) is 22.1 Å². The van der Waals surface area contributed by atoms with Crippen LogP contribution in [0.25, 0.3) is 22.2 Å². The van der Waals surface area contributed by atoms with Gasteiger partial charge in [0.15, 0.2) is 10.4 Å². The van der Waals surface area contributed by atoms with Gasteiger partial charge in [-0.1, -0.05) is 19.1 Å². The van der Waals surface area contributed by atoms with E-state index in [1.165, 1.54) is 5.56 Å². The molecule has 0 radical (unpaired) electrons. The van der Waals surface area contributed by atoms with E-state index >= 15 is 0 Å². The fraction of sp³-hybridized carbons (Fsp3) is 0.316. The summed E-state index contributed by atoms with van der Waals surface area (Å²) in [6.45, 7) is 2.22. The van der Waals surface area contributed by atoms with Gasteiger partial charge in [-0.25, -0.2) is 4.98 Å². The highest BCUT2D eigenvalue weighted by Gasteiger charge is 2.25. The monoisotopic (exact) mass is 352 g/mol. The van der Waals surface area contributed by atoms with Crippen molar-refractivity contribution in [2.75, 3.05) is 12.8 Å². The Labute approximate surface area is 151 Å². The van der Waals surface area contributed by atoms with Crippen molar-refractivity contribution in [2.24, 2.45) is 0 Å². The lowest BCUT2D eigenvalue weighted by Crippen LogP contribution is -2.13. The van der Waals surface area contributed by atoms with Gasteiger partial charge in [-0.2, -0.15) is 4.98 Å². The molecule has 0 bridgehead atoms. The van der Waals surface area contributed by atoms with Crippen LogP contribution in [0, 0.1) is 4.77 Å². The van der Waals surface area contributed by atoms with Crippen LogP contribution in [-0.2, 0) is 6.42 Å². The third-order valence-corrected chi connectivity index (χ3v) is 5.13. The zero-order valence-corrected chi connectivity index (χ0v) is 15.1. The fourth-order valence-electron chi connectivity index (χ4n) is 3.72. The van der Waals surface area contributed by atoms with E-state index in [2.05, 4.69) is 29.0 Å². The van der Waals surface area contributed by atoms with Crippen LogP contribution in [0.3, 0.4) is 0 Å². The van der Waals surface area contributed by atoms with Crippen LogP contribution >= 0.6 is 12.2 Å². The molecule has 1 unspecified atom stereocenters. The van der Waals surface area contributed by atoms with E-state index in [-0.39, 0.29) is 0 Å². The standard InChI is InChI=1S/C19H20N4OS/c1-10-4-3-5-13-14(11-6-8-12(24-2)9-7-11)15-17(20)22-19(25)23-18(15)21-16(10)13/h6-10H,3-5H2,1-2H3,(H3,20,21,22,23,25). The van der Waals surface area contributed by atoms with E-state index in [4.69, 9.17) is 27.7 Å². The molecule has 0 fully saturated rings. The number of pyridine rings is 1. The van der Waals surface area contributed by atoms with Crippen molar-refractivity contribution in [3.8, 4) is 16.9 Å². The summed E-state index contributed by atoms with van der Waals surface area (Å²) in [5.74, 6) is 1.76. The second-order valence-electron chi connectivity index (χ2n) is 6.53. The second kappa shape index (κ2) is 6.11. The lowest BCUT2D eigenvalue weighted by molar-refractivity contribution is 0.415. The molecule has 4 rings (SSSR count). The number of anilines is 1. The smallest absolute Gasteiger partial charge is 0.200 e. The summed E-state index contributed by atoms with van der Waals surface area (Å²) in [4.78, 5) is 12.3. The van der Waals surface area contributed by atoms with Crippen molar-refractivity contribution >= 4 is 29.1 Å². The Morgan fingerprint density at radius 1 is 1.24 bits per heavy atom. The first-order valence-electron chi connectivity index (χ1n) is 8.45. The highest BCUT2D eigenvalue weighted by Crippen LogP contribution is 2.41. The van der Waals surface area contributed by atoms with Crippen molar-refractivity contribution in [1.29, 1.82) is 0 Å². The summed E-state index contributed by atoms with van der Waals surface area (Å²) in [6, 6.07) is 8.06. The Morgan fingerprint density at radius 3 is 2.72 bits per heavy atom. The summed E-state index contributed by atoms with van der Waals surface area (Å²) in [7, 11) is 1.67. The van der Waals surface area contributed by atoms with Crippen molar-refractivity contribution in [3.05, 3.63) is 40.3 Å². The second-order valence-corrected chi connectivity index (χ2v) is 6.91. The molecule has 0 amide bonds. The molecule has 2 heterocycles. The predicted octanol–water partition coefficient (Wildman–Crippen LogP) is 4.38. The molecule has 1 aliphatic carbocycles. The summed E-state index contributed by atoms with van der Waals surface area (Å²) < 4.78 is 5.65. The highest BCUT2D eigenvalue weighted by molar-refractivity contribution is 7.71. The van der Waals surface area contributed by atoms with Crippen LogP contribution in [0.15, 0.2) is 24.3 Å². The molecule has 1 atom stereocenters. The first-order valence-corrected chi connectivity index (χ1v) is 8.86. The number of hydrogen-bond acceptors (Lipinski definition) is 5. The predicted molar refractivity (Wildman–Crippen MR) is 102 cm³/mol. The van der Waals surface area contributed by atoms with Crippen molar-refractivity contribution < 1.29 is 4.74 Å². The molecule has 0 spiro atoms. The number of hydrogen-bond donors (Lipinski definition) is 2. The van der Waals surface area contributed by atoms with Crippen molar-refractivity contribution in [3.63, 3.8) is 0 Å². The number of nitrogens with two attached hydrogens (primary N) is 1. The van der Waals surface area contributed by atoms with E-state index in [1.807, 2.05) is 12.1 Å². The maximum absolute atomic E-state index is 6.29. The van der Waals surface area contributed by atoms with Crippen LogP contribution in [0.2, 0.25) is 0 Å². The number of nitrogens with zero attached hydrogens (tertiary/aromatic N) is 2. The Kier molecular flexibility index (Phi) is 3.92. The summed E-state index contributed by atoms with van der Waals surface area (Å²) in [6.07, 6.45) is 3.29. The van der Waals surface area contributed by atoms with E-state index in [0.717, 1.165) is 47.2 Å². The third kappa shape index (κ3) is 2.66. The largest absolute Gasteiger partial charge is 0.497 e. The average molecular weight is 352 g/mol. The minimum atomic E-state index is 0.363. The molecule has 0 aliphatic heterocycles. The molecule has 1 aromatic carbocycles. The van der Waals surface area contributed by atoms with Gasteiger partial charge in [-0.15, -0.1) is 0 Å². The van der Waals surface area contributed by atoms with Gasteiger partial charge in [-0.3, -0.25) is 0 Å². The number of fused-ring (bicyclic) bond motifs is 2. The van der Waals surface area contributed by atoms with Gasteiger partial charge >= 0.3 is 0 Å². The Bertz CT molecular complexity index is 1010. The van der Waals surface area contributed by atoms with Gasteiger partial charge in [0.25, 0.3) is 0 Å². The van der Waals surface area contributed by atoms with Gasteiger partial charge in [0.2, 0.25) is 0 Å². The summed E-state index contributed by atoms with van der Waals surface area (Å²) >= 11 is 5.20. The van der Waals surface area contributed by atoms with Crippen LogP contribution < -0.4 is 10.5 Å². The quantitative estimate of drug-likeness (QED) is 0.669. The minimum Gasteiger partial charge on any atom is -0.497 e. The number of aromatic nitrogens is 3. The maximum atomic E-state index is 6.29. The molecule has 2 aromatic heterocycles. The van der Waals surface area contributed by atoms with Gasteiger partial charge in [0.05, 0.1) is 12.5 Å². The number of benzene rings is 1. The Hall–Kier alpha value is -2.47. The van der Waals surface area contributed by atoms with Gasteiger partial charge in [0, 0.05) is 11.3 Å². The molecule has 3 N–H and O–H groups in total. The number of rotatable bonds is 2. The number of aromatic amines is 1. The zero-order valence-electron chi connectivity index (χ0n) is 14.3. The molecule has 0 saturated heterocycles. The highest BCUT2D eigenvalue weighted by atomic mass is 32.1. The number of ether oxygens (including phenoxy) is 1. The first kappa shape index (κ1) is 16.0. The minimum absolute atomic E-state index is 0.363. The number of H-pyrrole nitrogens is 1. The molecular weight excluding hydrogens is 332 g/mol. The Morgan fingerprint density at radius 2 is 2.00 bits per heavy atom. The summed E-state index contributed by atoms with van der Waals surface area (Å²) in [5, 5.41) is 0.853. The average Bonchev–Trinajstić information content (AvgIpc) is 2.61. The topological polar surface area (TPSA) is 76.8 Å². The molecule has 25 heavy (non-hydrogen) atoms. The summed E-state index contributed by atoms with van der Waals surface area (Å²) in [5.41, 5.74) is 11.5. The van der Waals surface area contributed by atoms with Crippen molar-refractivity contribution in [2.45, 2.75) is 32.1 Å². The van der Waals surface area contributed by atoms with Crippen LogP contribution in [0.5, 0.6) is 5.75 Å². The normalized spacial score (nSPS) is 16.6. The van der Waals surface area contributed by atoms with E-state index in [9.17, 15) is 0 Å². The lowest BCUT2D eigenvalue weighted by Gasteiger charge is -2.25. The number of nitrogen functional groups attached to an aromatic ring is 1. The molecular formula is C19H20N4OS. The van der Waals surface area contributed by atoms with E-state index in [0.29, 0.717) is 22.2 Å². The van der Waals surface area contributed by atoms with Crippen molar-refractivity contribution in [1.82, 2.24) is 15.0 Å². The number of methoxy groups -OCH3 is 1. The van der Waals surface area contributed by atoms with Gasteiger partial charge in [0.1, 0.15) is 11.6 Å². The SMILES string of the molecule is COc1ccc(-c2c3c(nc4nc(=S)[nH]c(N)c24)C(C)CCC3)cc1. The molecule has 0 saturated carbocycles.